The molecule has 2 N–H and O–H groups in total. The highest BCUT2D eigenvalue weighted by molar-refractivity contribution is 5.74. The van der Waals surface area contributed by atoms with E-state index in [9.17, 15) is 0 Å². The van der Waals surface area contributed by atoms with Gasteiger partial charge < -0.3 is 10.5 Å². The van der Waals surface area contributed by atoms with Gasteiger partial charge in [-0.25, -0.2) is 9.97 Å². The Hall–Kier alpha value is -2.64. The number of piperidine rings is 1. The summed E-state index contributed by atoms with van der Waals surface area (Å²) in [7, 11) is 0. The van der Waals surface area contributed by atoms with Crippen LogP contribution in [0.25, 0.3) is 11.0 Å². The number of hydrogen-bond acceptors (Lipinski definition) is 7. The maximum absolute atomic E-state index is 6.25. The van der Waals surface area contributed by atoms with Gasteiger partial charge >= 0.3 is 0 Å². The average Bonchev–Trinajstić information content (AvgIpc) is 2.70. The summed E-state index contributed by atoms with van der Waals surface area (Å²) in [5.41, 5.74) is 10.9. The number of aromatic nitrogens is 4. The topological polar surface area (TPSA) is 90.1 Å². The monoisotopic (exact) mass is 362 g/mol. The summed E-state index contributed by atoms with van der Waals surface area (Å²) in [5, 5.41) is 0. The van der Waals surface area contributed by atoms with Gasteiger partial charge in [0, 0.05) is 38.2 Å². The van der Waals surface area contributed by atoms with E-state index in [4.69, 9.17) is 10.5 Å². The van der Waals surface area contributed by atoms with E-state index < -0.39 is 0 Å². The van der Waals surface area contributed by atoms with E-state index in [1.807, 2.05) is 12.3 Å². The summed E-state index contributed by atoms with van der Waals surface area (Å²) < 4.78 is 6.25. The molecule has 27 heavy (non-hydrogen) atoms. The lowest BCUT2D eigenvalue weighted by Gasteiger charge is -2.44. The van der Waals surface area contributed by atoms with E-state index in [1.165, 1.54) is 11.1 Å². The second-order valence-electron chi connectivity index (χ2n) is 7.35. The van der Waals surface area contributed by atoms with Crippen molar-refractivity contribution in [3.8, 4) is 0 Å². The predicted molar refractivity (Wildman–Crippen MR) is 102 cm³/mol. The van der Waals surface area contributed by atoms with E-state index in [1.54, 1.807) is 12.4 Å². The fourth-order valence-electron chi connectivity index (χ4n) is 4.24. The molecule has 1 fully saturated rings. The number of nitrogen functional groups attached to an aromatic ring is 1. The normalized spacial score (nSPS) is 19.3. The minimum absolute atomic E-state index is 0.310. The first kappa shape index (κ1) is 16.5. The zero-order valence-electron chi connectivity index (χ0n) is 15.1. The largest absolute Gasteiger partial charge is 0.368 e. The Labute approximate surface area is 157 Å². The average molecular weight is 362 g/mol. The summed E-state index contributed by atoms with van der Waals surface area (Å²) in [6, 6.07) is 6.32. The zero-order valence-corrected chi connectivity index (χ0v) is 15.1. The highest BCUT2D eigenvalue weighted by Crippen LogP contribution is 2.40. The Morgan fingerprint density at radius 3 is 2.74 bits per heavy atom. The molecule has 0 radical (unpaired) electrons. The van der Waals surface area contributed by atoms with E-state index in [0.717, 1.165) is 62.2 Å². The van der Waals surface area contributed by atoms with Crippen LogP contribution in [0.3, 0.4) is 0 Å². The molecule has 0 saturated carbocycles. The number of hydrogen-bond donors (Lipinski definition) is 1. The number of benzene rings is 1. The Kier molecular flexibility index (Phi) is 3.98. The minimum atomic E-state index is -0.310. The van der Waals surface area contributed by atoms with Crippen molar-refractivity contribution in [2.45, 2.75) is 31.4 Å². The molecule has 138 valence electrons. The molecule has 7 nitrogen and oxygen atoms in total. The third kappa shape index (κ3) is 3.02. The zero-order chi connectivity index (χ0) is 18.3. The molecule has 2 aromatic heterocycles. The first-order valence-electron chi connectivity index (χ1n) is 9.40. The van der Waals surface area contributed by atoms with Gasteiger partial charge in [-0.05, 0) is 42.5 Å². The fraction of sp³-hybridized carbons (Fsp3) is 0.400. The van der Waals surface area contributed by atoms with Crippen LogP contribution >= 0.6 is 0 Å². The molecule has 1 spiro atoms. The van der Waals surface area contributed by atoms with Crippen molar-refractivity contribution in [2.75, 3.05) is 25.4 Å². The number of rotatable bonds is 2. The molecule has 0 atom stereocenters. The van der Waals surface area contributed by atoms with Crippen molar-refractivity contribution >= 4 is 17.0 Å². The molecule has 0 amide bonds. The van der Waals surface area contributed by atoms with Crippen LogP contribution in [0.15, 0.2) is 36.8 Å². The first-order chi connectivity index (χ1) is 13.2. The summed E-state index contributed by atoms with van der Waals surface area (Å²) in [5.74, 6) is 0.332. The van der Waals surface area contributed by atoms with E-state index in [0.29, 0.717) is 5.95 Å². The minimum Gasteiger partial charge on any atom is -0.368 e. The second kappa shape index (κ2) is 6.51. The molecule has 0 aliphatic carbocycles. The van der Waals surface area contributed by atoms with Gasteiger partial charge in [-0.15, -0.1) is 0 Å². The molecule has 2 aliphatic heterocycles. The van der Waals surface area contributed by atoms with Crippen LogP contribution in [0.5, 0.6) is 0 Å². The Morgan fingerprint density at radius 1 is 1.07 bits per heavy atom. The molecule has 3 aromatic rings. The molecule has 1 aromatic carbocycles. The van der Waals surface area contributed by atoms with Gasteiger partial charge in [-0.1, -0.05) is 6.07 Å². The van der Waals surface area contributed by atoms with Gasteiger partial charge in [0.05, 0.1) is 23.3 Å². The fourth-order valence-corrected chi connectivity index (χ4v) is 4.24. The van der Waals surface area contributed by atoms with Crippen LogP contribution in [-0.2, 0) is 23.3 Å². The van der Waals surface area contributed by atoms with Gasteiger partial charge in [0.1, 0.15) is 5.60 Å². The van der Waals surface area contributed by atoms with Crippen molar-refractivity contribution in [3.63, 3.8) is 0 Å². The Morgan fingerprint density at radius 2 is 1.89 bits per heavy atom. The second-order valence-corrected chi connectivity index (χ2v) is 7.35. The lowest BCUT2D eigenvalue weighted by molar-refractivity contribution is -0.102. The number of ether oxygens (including phenoxy) is 1. The summed E-state index contributed by atoms with van der Waals surface area (Å²) in [6.45, 7) is 3.55. The highest BCUT2D eigenvalue weighted by Gasteiger charge is 2.42. The first-order valence-corrected chi connectivity index (χ1v) is 9.40. The quantitative estimate of drug-likeness (QED) is 0.746. The van der Waals surface area contributed by atoms with E-state index in [2.05, 4.69) is 37.0 Å². The maximum Gasteiger partial charge on any atom is 0.220 e. The van der Waals surface area contributed by atoms with Crippen LogP contribution in [0.1, 0.15) is 29.7 Å². The third-order valence-electron chi connectivity index (χ3n) is 5.67. The molecule has 0 unspecified atom stereocenters. The van der Waals surface area contributed by atoms with Crippen molar-refractivity contribution < 1.29 is 4.74 Å². The lowest BCUT2D eigenvalue weighted by Crippen LogP contribution is -2.47. The van der Waals surface area contributed by atoms with Crippen molar-refractivity contribution in [3.05, 3.63) is 53.6 Å². The number of nitrogens with zero attached hydrogens (tertiary/aromatic N) is 5. The predicted octanol–water partition coefficient (Wildman–Crippen LogP) is 2.07. The Balaban J connectivity index is 1.32. The molecular formula is C20H22N6O. The molecule has 0 bridgehead atoms. The van der Waals surface area contributed by atoms with Crippen molar-refractivity contribution in [2.24, 2.45) is 0 Å². The van der Waals surface area contributed by atoms with Gasteiger partial charge in [0.2, 0.25) is 5.95 Å². The lowest BCUT2D eigenvalue weighted by atomic mass is 9.83. The van der Waals surface area contributed by atoms with Gasteiger partial charge in [-0.3, -0.25) is 14.9 Å². The number of fused-ring (bicyclic) bond motifs is 3. The molecule has 5 rings (SSSR count). The van der Waals surface area contributed by atoms with Gasteiger partial charge in [0.15, 0.2) is 0 Å². The summed E-state index contributed by atoms with van der Waals surface area (Å²) in [6.07, 6.45) is 8.03. The van der Waals surface area contributed by atoms with Crippen LogP contribution in [0, 0.1) is 0 Å². The highest BCUT2D eigenvalue weighted by atomic mass is 16.5. The Bertz CT molecular complexity index is 983. The van der Waals surface area contributed by atoms with E-state index >= 15 is 0 Å². The summed E-state index contributed by atoms with van der Waals surface area (Å²) >= 11 is 0. The van der Waals surface area contributed by atoms with Crippen LogP contribution in [0.2, 0.25) is 0 Å². The van der Waals surface area contributed by atoms with Crippen molar-refractivity contribution in [1.29, 1.82) is 0 Å². The van der Waals surface area contributed by atoms with Gasteiger partial charge in [0.25, 0.3) is 0 Å². The standard InChI is InChI=1S/C20H22N6O/c21-19-24-12-15-3-10-27-20(18(15)25-19)4-8-26(9-5-20)13-14-1-2-16-17(11-14)23-7-6-22-16/h1-2,6-7,11-12H,3-5,8-10,13H2,(H2,21,24,25). The number of likely N-dealkylation sites (tertiary alicyclic amines) is 1. The van der Waals surface area contributed by atoms with Crippen LogP contribution in [0.4, 0.5) is 5.95 Å². The third-order valence-corrected chi connectivity index (χ3v) is 5.67. The number of anilines is 1. The van der Waals surface area contributed by atoms with Crippen molar-refractivity contribution in [1.82, 2.24) is 24.8 Å². The molecule has 1 saturated heterocycles. The number of nitrogens with two attached hydrogens (primary N) is 1. The van der Waals surface area contributed by atoms with Crippen LogP contribution < -0.4 is 5.73 Å². The van der Waals surface area contributed by atoms with E-state index in [-0.39, 0.29) is 5.60 Å². The van der Waals surface area contributed by atoms with Crippen LogP contribution in [-0.4, -0.2) is 44.5 Å². The smallest absolute Gasteiger partial charge is 0.220 e. The summed E-state index contributed by atoms with van der Waals surface area (Å²) in [4.78, 5) is 19.9. The SMILES string of the molecule is Nc1ncc2c(n1)C1(CCN(Cc3ccc4nccnc4c3)CC1)OCC2. The molecule has 7 heteroatoms. The maximum atomic E-state index is 6.25. The molecule has 4 heterocycles. The molecular weight excluding hydrogens is 340 g/mol. The van der Waals surface area contributed by atoms with Gasteiger partial charge in [-0.2, -0.15) is 0 Å². The molecule has 2 aliphatic rings.